The lowest BCUT2D eigenvalue weighted by Gasteiger charge is -2.04. The lowest BCUT2D eigenvalue weighted by Crippen LogP contribution is -2.19. The van der Waals surface area contributed by atoms with Gasteiger partial charge < -0.3 is 10.6 Å². The Morgan fingerprint density at radius 3 is 2.69 bits per heavy atom. The highest BCUT2D eigenvalue weighted by Crippen LogP contribution is 2.07. The lowest BCUT2D eigenvalue weighted by atomic mass is 10.3. The molecule has 0 aliphatic heterocycles. The summed E-state index contributed by atoms with van der Waals surface area (Å²) in [4.78, 5) is 11.3. The summed E-state index contributed by atoms with van der Waals surface area (Å²) in [5, 5.41) is 0. The Bertz CT molecular complexity index is 305. The monoisotopic (exact) mass is 182 g/mol. The first-order valence-corrected chi connectivity index (χ1v) is 4.33. The smallest absolute Gasteiger partial charge is 0.356 e. The second kappa shape index (κ2) is 3.98. The molecule has 0 bridgehead atoms. The topological polar surface area (TPSA) is 57.2 Å². The van der Waals surface area contributed by atoms with E-state index < -0.39 is 0 Å². The molecule has 0 aliphatic carbocycles. The molecule has 4 heteroatoms. The molecule has 0 amide bonds. The Morgan fingerprint density at radius 2 is 2.23 bits per heavy atom. The van der Waals surface area contributed by atoms with Crippen molar-refractivity contribution in [2.45, 2.75) is 20.3 Å². The number of aryl methyl sites for hydroxylation is 1. The van der Waals surface area contributed by atoms with Crippen LogP contribution in [0, 0.1) is 0 Å². The highest BCUT2D eigenvalue weighted by atomic mass is 16.5. The Hall–Kier alpha value is -1.45. The van der Waals surface area contributed by atoms with Crippen LogP contribution in [0.5, 0.6) is 0 Å². The maximum Gasteiger partial charge on any atom is 0.356 e. The quantitative estimate of drug-likeness (QED) is 0.559. The van der Waals surface area contributed by atoms with Crippen molar-refractivity contribution >= 4 is 5.97 Å². The Balaban J connectivity index is 2.89. The van der Waals surface area contributed by atoms with Crippen molar-refractivity contribution in [1.82, 2.24) is 4.68 Å². The average Bonchev–Trinajstić information content (AvgIpc) is 2.47. The number of nitrogens with zero attached hydrogens (tertiary/aromatic N) is 1. The lowest BCUT2D eigenvalue weighted by molar-refractivity contribution is 0.0516. The Morgan fingerprint density at radius 1 is 1.54 bits per heavy atom. The maximum absolute atomic E-state index is 11.3. The average molecular weight is 182 g/mol. The summed E-state index contributed by atoms with van der Waals surface area (Å²) in [5.74, 6) is 5.29. The largest absolute Gasteiger partial charge is 0.461 e. The van der Waals surface area contributed by atoms with Gasteiger partial charge in [-0.15, -0.1) is 0 Å². The molecule has 0 saturated heterocycles. The van der Waals surface area contributed by atoms with Crippen LogP contribution in [-0.2, 0) is 11.2 Å². The van der Waals surface area contributed by atoms with Gasteiger partial charge in [-0.05, 0) is 25.5 Å². The summed E-state index contributed by atoms with van der Waals surface area (Å²) >= 11 is 0. The number of hydrogen-bond donors (Lipinski definition) is 1. The second-order valence-corrected chi connectivity index (χ2v) is 2.65. The molecule has 0 saturated carbocycles. The third-order valence-corrected chi connectivity index (χ3v) is 1.85. The van der Waals surface area contributed by atoms with Crippen LogP contribution in [0.1, 0.15) is 30.0 Å². The molecule has 0 fully saturated rings. The van der Waals surface area contributed by atoms with Crippen LogP contribution in [0.25, 0.3) is 0 Å². The predicted octanol–water partition coefficient (Wildman–Crippen LogP) is 0.941. The predicted molar refractivity (Wildman–Crippen MR) is 49.9 cm³/mol. The molecule has 0 unspecified atom stereocenters. The minimum atomic E-state index is -0.371. The summed E-state index contributed by atoms with van der Waals surface area (Å²) in [5.41, 5.74) is 1.32. The molecule has 0 aliphatic rings. The van der Waals surface area contributed by atoms with Gasteiger partial charge in [0.2, 0.25) is 0 Å². The first-order valence-electron chi connectivity index (χ1n) is 4.33. The molecule has 4 nitrogen and oxygen atoms in total. The molecule has 13 heavy (non-hydrogen) atoms. The first-order chi connectivity index (χ1) is 6.20. The van der Waals surface area contributed by atoms with Gasteiger partial charge in [-0.3, -0.25) is 4.68 Å². The second-order valence-electron chi connectivity index (χ2n) is 2.65. The van der Waals surface area contributed by atoms with E-state index in [0.29, 0.717) is 12.3 Å². The van der Waals surface area contributed by atoms with Crippen molar-refractivity contribution < 1.29 is 9.53 Å². The summed E-state index contributed by atoms with van der Waals surface area (Å²) in [6.45, 7) is 4.11. The molecule has 0 aromatic carbocycles. The van der Waals surface area contributed by atoms with Gasteiger partial charge in [0, 0.05) is 5.69 Å². The van der Waals surface area contributed by atoms with Gasteiger partial charge in [-0.1, -0.05) is 6.92 Å². The number of rotatable bonds is 3. The molecular weight excluding hydrogens is 168 g/mol. The minimum Gasteiger partial charge on any atom is -0.461 e. The molecule has 1 aromatic rings. The first kappa shape index (κ1) is 9.64. The van der Waals surface area contributed by atoms with Crippen molar-refractivity contribution in [2.75, 3.05) is 12.4 Å². The number of nitrogen functional groups attached to an aromatic ring is 1. The number of carbonyl (C=O) groups excluding carboxylic acids is 1. The van der Waals surface area contributed by atoms with Gasteiger partial charge in [-0.2, -0.15) is 0 Å². The Labute approximate surface area is 77.3 Å². The van der Waals surface area contributed by atoms with E-state index in [1.54, 1.807) is 13.0 Å². The van der Waals surface area contributed by atoms with Gasteiger partial charge in [0.15, 0.2) is 0 Å². The van der Waals surface area contributed by atoms with Crippen molar-refractivity contribution in [1.29, 1.82) is 0 Å². The number of hydrogen-bond acceptors (Lipinski definition) is 3. The van der Waals surface area contributed by atoms with Gasteiger partial charge in [-0.25, -0.2) is 4.79 Å². The maximum atomic E-state index is 11.3. The zero-order chi connectivity index (χ0) is 9.84. The van der Waals surface area contributed by atoms with E-state index >= 15 is 0 Å². The molecule has 0 spiro atoms. The summed E-state index contributed by atoms with van der Waals surface area (Å²) in [7, 11) is 0. The van der Waals surface area contributed by atoms with Crippen LogP contribution in [0.15, 0.2) is 12.1 Å². The SMILES string of the molecule is CCOC(=O)c1ccc(CC)n1N. The van der Waals surface area contributed by atoms with E-state index in [-0.39, 0.29) is 5.97 Å². The van der Waals surface area contributed by atoms with E-state index in [1.165, 1.54) is 4.68 Å². The number of nitrogens with two attached hydrogens (primary N) is 1. The van der Waals surface area contributed by atoms with Crippen molar-refractivity contribution in [3.05, 3.63) is 23.5 Å². The highest BCUT2D eigenvalue weighted by molar-refractivity contribution is 5.87. The van der Waals surface area contributed by atoms with E-state index in [9.17, 15) is 4.79 Å². The number of carbonyl (C=O) groups is 1. The number of esters is 1. The molecule has 1 heterocycles. The van der Waals surface area contributed by atoms with Crippen LogP contribution < -0.4 is 5.84 Å². The molecule has 0 atom stereocenters. The van der Waals surface area contributed by atoms with Gasteiger partial charge >= 0.3 is 5.97 Å². The van der Waals surface area contributed by atoms with Gasteiger partial charge in [0.25, 0.3) is 0 Å². The number of ether oxygens (including phenoxy) is 1. The molecular formula is C9H14N2O2. The third kappa shape index (κ3) is 1.83. The van der Waals surface area contributed by atoms with E-state index in [4.69, 9.17) is 10.6 Å². The van der Waals surface area contributed by atoms with Gasteiger partial charge in [0.1, 0.15) is 5.69 Å². The number of aromatic nitrogens is 1. The van der Waals surface area contributed by atoms with Crippen molar-refractivity contribution in [2.24, 2.45) is 0 Å². The fourth-order valence-corrected chi connectivity index (χ4v) is 1.15. The third-order valence-electron chi connectivity index (χ3n) is 1.85. The van der Waals surface area contributed by atoms with Crippen LogP contribution in [0.2, 0.25) is 0 Å². The molecule has 0 radical (unpaired) electrons. The standard InChI is InChI=1S/C9H14N2O2/c1-3-7-5-6-8(11(7)10)9(12)13-4-2/h5-6H,3-4,10H2,1-2H3. The van der Waals surface area contributed by atoms with Crippen LogP contribution in [0.3, 0.4) is 0 Å². The minimum absolute atomic E-state index is 0.367. The molecule has 72 valence electrons. The van der Waals surface area contributed by atoms with E-state index in [1.807, 2.05) is 13.0 Å². The van der Waals surface area contributed by atoms with E-state index in [2.05, 4.69) is 0 Å². The highest BCUT2D eigenvalue weighted by Gasteiger charge is 2.12. The summed E-state index contributed by atoms with van der Waals surface area (Å²) in [6, 6.07) is 3.50. The molecule has 2 N–H and O–H groups in total. The van der Waals surface area contributed by atoms with Crippen molar-refractivity contribution in [3.8, 4) is 0 Å². The fourth-order valence-electron chi connectivity index (χ4n) is 1.15. The van der Waals surface area contributed by atoms with Crippen LogP contribution >= 0.6 is 0 Å². The summed E-state index contributed by atoms with van der Waals surface area (Å²) in [6.07, 6.45) is 0.801. The molecule has 1 aromatic heterocycles. The molecule has 1 rings (SSSR count). The van der Waals surface area contributed by atoms with Crippen molar-refractivity contribution in [3.63, 3.8) is 0 Å². The van der Waals surface area contributed by atoms with Crippen LogP contribution in [-0.4, -0.2) is 17.3 Å². The zero-order valence-corrected chi connectivity index (χ0v) is 7.91. The zero-order valence-electron chi connectivity index (χ0n) is 7.91. The normalized spacial score (nSPS) is 10.0. The fraction of sp³-hybridized carbons (Fsp3) is 0.444. The van der Waals surface area contributed by atoms with E-state index in [0.717, 1.165) is 12.1 Å². The van der Waals surface area contributed by atoms with Crippen LogP contribution in [0.4, 0.5) is 0 Å². The Kier molecular flexibility index (Phi) is 2.95. The summed E-state index contributed by atoms with van der Waals surface area (Å²) < 4.78 is 6.20. The van der Waals surface area contributed by atoms with Gasteiger partial charge in [0.05, 0.1) is 6.61 Å².